The first-order valence-corrected chi connectivity index (χ1v) is 11.1. The molecule has 5 fully saturated rings. The average molecular weight is 421 g/mol. The molecule has 162 valence electrons. The van der Waals surface area contributed by atoms with E-state index in [1.165, 1.54) is 9.80 Å². The molecule has 1 heterocycles. The monoisotopic (exact) mass is 421 g/mol. The van der Waals surface area contributed by atoms with Gasteiger partial charge in [-0.1, -0.05) is 24.3 Å². The first-order chi connectivity index (χ1) is 14.9. The third-order valence-electron chi connectivity index (χ3n) is 7.51. The molecular weight excluding hydrogens is 394 g/mol. The molecule has 0 radical (unpaired) electrons. The van der Waals surface area contributed by atoms with Crippen LogP contribution in [0.15, 0.2) is 43.0 Å². The number of benzene rings is 1. The maximum atomic E-state index is 13.3. The summed E-state index contributed by atoms with van der Waals surface area (Å²) in [5.74, 6) is -0.500. The molecule has 4 bridgehead atoms. The van der Waals surface area contributed by atoms with E-state index in [-0.39, 0.29) is 6.54 Å². The molecule has 1 aromatic rings. The van der Waals surface area contributed by atoms with Crippen LogP contribution in [0.5, 0.6) is 0 Å². The number of amides is 5. The molecule has 0 N–H and O–H groups in total. The zero-order valence-electron chi connectivity index (χ0n) is 17.5. The fourth-order valence-electron chi connectivity index (χ4n) is 6.71. The number of imide groups is 2. The van der Waals surface area contributed by atoms with Crippen molar-refractivity contribution in [1.29, 1.82) is 0 Å². The molecule has 0 unspecified atom stereocenters. The molecular formula is C24H27N3O4. The van der Waals surface area contributed by atoms with Crippen molar-refractivity contribution in [2.75, 3.05) is 18.0 Å². The highest BCUT2D eigenvalue weighted by Crippen LogP contribution is 2.58. The third kappa shape index (κ3) is 3.18. The second kappa shape index (κ2) is 7.32. The van der Waals surface area contributed by atoms with Gasteiger partial charge in [0.05, 0.1) is 5.54 Å². The lowest BCUT2D eigenvalue weighted by Gasteiger charge is -2.58. The predicted octanol–water partition coefficient (Wildman–Crippen LogP) is 2.97. The summed E-state index contributed by atoms with van der Waals surface area (Å²) in [4.78, 5) is 55.6. The highest BCUT2D eigenvalue weighted by Gasteiger charge is 2.61. The Morgan fingerprint density at radius 2 is 1.58 bits per heavy atom. The van der Waals surface area contributed by atoms with E-state index in [2.05, 4.69) is 6.58 Å². The van der Waals surface area contributed by atoms with Crippen LogP contribution in [0.1, 0.15) is 38.5 Å². The van der Waals surface area contributed by atoms with E-state index in [0.717, 1.165) is 43.4 Å². The smallest absolute Gasteiger partial charge is 0.307 e. The number of carbonyl (C=O) groups excluding carboxylic acids is 4. The minimum absolute atomic E-state index is 0.242. The molecule has 6 rings (SSSR count). The highest BCUT2D eigenvalue weighted by molar-refractivity contribution is 6.45. The van der Waals surface area contributed by atoms with Gasteiger partial charge in [-0.3, -0.25) is 14.4 Å². The molecule has 1 aromatic carbocycles. The summed E-state index contributed by atoms with van der Waals surface area (Å²) in [7, 11) is 0. The van der Waals surface area contributed by atoms with Gasteiger partial charge in [-0.2, -0.15) is 0 Å². The van der Waals surface area contributed by atoms with E-state index in [1.807, 2.05) is 18.2 Å². The molecule has 1 aliphatic heterocycles. The van der Waals surface area contributed by atoms with E-state index in [9.17, 15) is 19.2 Å². The number of para-hydroxylation sites is 1. The van der Waals surface area contributed by atoms with E-state index < -0.39 is 35.8 Å². The number of anilines is 1. The van der Waals surface area contributed by atoms with Gasteiger partial charge >= 0.3 is 17.8 Å². The largest absolute Gasteiger partial charge is 0.335 e. The summed E-state index contributed by atoms with van der Waals surface area (Å²) in [6, 6.07) is 8.39. The second-order valence-corrected chi connectivity index (χ2v) is 9.58. The van der Waals surface area contributed by atoms with Crippen LogP contribution in [0.4, 0.5) is 10.5 Å². The van der Waals surface area contributed by atoms with Crippen LogP contribution in [0.3, 0.4) is 0 Å². The van der Waals surface area contributed by atoms with Gasteiger partial charge in [-0.15, -0.1) is 6.58 Å². The van der Waals surface area contributed by atoms with Crippen molar-refractivity contribution in [1.82, 2.24) is 9.80 Å². The van der Waals surface area contributed by atoms with Gasteiger partial charge in [-0.25, -0.2) is 14.6 Å². The van der Waals surface area contributed by atoms with Crippen molar-refractivity contribution < 1.29 is 19.2 Å². The van der Waals surface area contributed by atoms with Crippen LogP contribution in [0.2, 0.25) is 0 Å². The Bertz CT molecular complexity index is 922. The normalized spacial score (nSPS) is 31.5. The molecule has 0 spiro atoms. The van der Waals surface area contributed by atoms with Crippen molar-refractivity contribution in [3.8, 4) is 0 Å². The molecule has 1 saturated heterocycles. The quantitative estimate of drug-likeness (QED) is 0.402. The average Bonchev–Trinajstić information content (AvgIpc) is 2.95. The minimum atomic E-state index is -0.888. The second-order valence-electron chi connectivity index (χ2n) is 9.58. The zero-order valence-corrected chi connectivity index (χ0v) is 17.5. The summed E-state index contributed by atoms with van der Waals surface area (Å²) >= 11 is 0. The molecule has 0 aromatic heterocycles. The Morgan fingerprint density at radius 1 is 1.00 bits per heavy atom. The third-order valence-corrected chi connectivity index (χ3v) is 7.51. The van der Waals surface area contributed by atoms with Crippen LogP contribution >= 0.6 is 0 Å². The summed E-state index contributed by atoms with van der Waals surface area (Å²) < 4.78 is 0. The topological polar surface area (TPSA) is 78.0 Å². The van der Waals surface area contributed by atoms with E-state index in [0.29, 0.717) is 23.4 Å². The molecule has 7 nitrogen and oxygen atoms in total. The fourth-order valence-corrected chi connectivity index (χ4v) is 6.71. The zero-order chi connectivity index (χ0) is 21.8. The Hall–Kier alpha value is -2.96. The SMILES string of the molecule is C=CCN(C(=O)CN1C(=O)C(=O)N(C23CC4CC(CC(C4)C2)C3)C1=O)c1ccccc1. The van der Waals surface area contributed by atoms with Gasteiger partial charge in [-0.05, 0) is 68.4 Å². The molecule has 31 heavy (non-hydrogen) atoms. The first kappa shape index (κ1) is 20.0. The molecule has 7 heteroatoms. The van der Waals surface area contributed by atoms with Crippen LogP contribution in [-0.4, -0.2) is 52.2 Å². The molecule has 4 saturated carbocycles. The molecule has 5 aliphatic rings. The lowest BCUT2D eigenvalue weighted by Crippen LogP contribution is -2.62. The van der Waals surface area contributed by atoms with Crippen molar-refractivity contribution in [2.24, 2.45) is 17.8 Å². The van der Waals surface area contributed by atoms with Crippen molar-refractivity contribution in [2.45, 2.75) is 44.1 Å². The lowest BCUT2D eigenvalue weighted by molar-refractivity contribution is -0.150. The van der Waals surface area contributed by atoms with Gasteiger partial charge in [0.15, 0.2) is 0 Å². The molecule has 4 aliphatic carbocycles. The van der Waals surface area contributed by atoms with Crippen LogP contribution in [0, 0.1) is 17.8 Å². The van der Waals surface area contributed by atoms with Crippen LogP contribution in [-0.2, 0) is 14.4 Å². The standard InChI is InChI=1S/C24H27N3O4/c1-2-8-25(19-6-4-3-5-7-19)20(28)15-26-21(29)22(30)27(23(26)31)24-12-16-9-17(13-24)11-18(10-16)14-24/h2-7,16-18H,1,8-15H2. The summed E-state index contributed by atoms with van der Waals surface area (Å²) in [5.41, 5.74) is 0.104. The van der Waals surface area contributed by atoms with Gasteiger partial charge in [0.25, 0.3) is 0 Å². The Balaban J connectivity index is 1.38. The number of urea groups is 1. The van der Waals surface area contributed by atoms with Gasteiger partial charge in [0.1, 0.15) is 6.54 Å². The van der Waals surface area contributed by atoms with Crippen molar-refractivity contribution >= 4 is 29.4 Å². The van der Waals surface area contributed by atoms with E-state index in [4.69, 9.17) is 0 Å². The number of rotatable bonds is 6. The number of carbonyl (C=O) groups is 4. The Morgan fingerprint density at radius 3 is 2.13 bits per heavy atom. The van der Waals surface area contributed by atoms with Gasteiger partial charge in [0.2, 0.25) is 5.91 Å². The number of hydrogen-bond acceptors (Lipinski definition) is 4. The molecule has 5 amide bonds. The summed E-state index contributed by atoms with van der Waals surface area (Å²) in [5, 5.41) is 0. The summed E-state index contributed by atoms with van der Waals surface area (Å²) in [6.45, 7) is 3.49. The Kier molecular flexibility index (Phi) is 4.72. The Labute approximate surface area is 181 Å². The number of hydrogen-bond donors (Lipinski definition) is 0. The van der Waals surface area contributed by atoms with Gasteiger partial charge in [0, 0.05) is 12.2 Å². The predicted molar refractivity (Wildman–Crippen MR) is 114 cm³/mol. The summed E-state index contributed by atoms with van der Waals surface area (Å²) in [6.07, 6.45) is 7.46. The lowest BCUT2D eigenvalue weighted by atomic mass is 9.52. The highest BCUT2D eigenvalue weighted by atomic mass is 16.2. The maximum Gasteiger partial charge on any atom is 0.335 e. The maximum absolute atomic E-state index is 13.3. The van der Waals surface area contributed by atoms with Gasteiger partial charge < -0.3 is 4.90 Å². The first-order valence-electron chi connectivity index (χ1n) is 11.1. The minimum Gasteiger partial charge on any atom is -0.307 e. The fraction of sp³-hybridized carbons (Fsp3) is 0.500. The van der Waals surface area contributed by atoms with Crippen LogP contribution in [0.25, 0.3) is 0 Å². The molecule has 0 atom stereocenters. The van der Waals surface area contributed by atoms with Crippen LogP contribution < -0.4 is 4.90 Å². The van der Waals surface area contributed by atoms with E-state index in [1.54, 1.807) is 18.2 Å². The van der Waals surface area contributed by atoms with Crippen molar-refractivity contribution in [3.63, 3.8) is 0 Å². The van der Waals surface area contributed by atoms with Crippen molar-refractivity contribution in [3.05, 3.63) is 43.0 Å². The van der Waals surface area contributed by atoms with E-state index >= 15 is 0 Å². The number of nitrogens with zero attached hydrogens (tertiary/aromatic N) is 3.